The normalized spacial score (nSPS) is 13.1. The largest absolute Gasteiger partial charge is 0.480 e. The lowest BCUT2D eigenvalue weighted by atomic mass is 10.1. The van der Waals surface area contributed by atoms with E-state index < -0.39 is 12.0 Å². The van der Waals surface area contributed by atoms with Gasteiger partial charge in [0.2, 0.25) is 0 Å². The summed E-state index contributed by atoms with van der Waals surface area (Å²) < 4.78 is 2.58. The molecule has 1 aromatic rings. The topological polar surface area (TPSA) is 81.1 Å². The van der Waals surface area contributed by atoms with Gasteiger partial charge in [-0.2, -0.15) is 5.10 Å². The minimum atomic E-state index is -1.00. The first-order valence-electron chi connectivity index (χ1n) is 4.63. The molecule has 3 N–H and O–H groups in total. The zero-order valence-corrected chi connectivity index (χ0v) is 10.2. The minimum Gasteiger partial charge on any atom is -0.480 e. The zero-order valence-electron chi connectivity index (χ0n) is 8.64. The highest BCUT2D eigenvalue weighted by atomic mass is 79.9. The Kier molecular flexibility index (Phi) is 3.87. The van der Waals surface area contributed by atoms with Crippen LogP contribution in [0, 0.1) is 0 Å². The SMILES string of the molecule is CC(C)n1ncc(CC(N)C(=O)O)c1Br. The van der Waals surface area contributed by atoms with Gasteiger partial charge in [0.05, 0.1) is 6.20 Å². The fraction of sp³-hybridized carbons (Fsp3) is 0.556. The molecule has 1 aromatic heterocycles. The molecule has 0 radical (unpaired) electrons. The highest BCUT2D eigenvalue weighted by Crippen LogP contribution is 2.21. The molecule has 0 bridgehead atoms. The summed E-state index contributed by atoms with van der Waals surface area (Å²) in [6.07, 6.45) is 1.93. The van der Waals surface area contributed by atoms with Gasteiger partial charge in [0.25, 0.3) is 0 Å². The van der Waals surface area contributed by atoms with E-state index in [1.54, 1.807) is 10.9 Å². The van der Waals surface area contributed by atoms with Crippen molar-refractivity contribution in [3.05, 3.63) is 16.4 Å². The predicted octanol–water partition coefficient (Wildman–Crippen LogP) is 1.18. The first-order chi connectivity index (χ1) is 6.93. The third-order valence-electron chi connectivity index (χ3n) is 2.05. The summed E-state index contributed by atoms with van der Waals surface area (Å²) in [6.45, 7) is 4.00. The number of hydrogen-bond acceptors (Lipinski definition) is 3. The molecule has 0 aliphatic heterocycles. The van der Waals surface area contributed by atoms with Crippen LogP contribution in [0.2, 0.25) is 0 Å². The van der Waals surface area contributed by atoms with Crippen LogP contribution in [0.1, 0.15) is 25.5 Å². The van der Waals surface area contributed by atoms with Crippen LogP contribution in [-0.4, -0.2) is 26.9 Å². The summed E-state index contributed by atoms with van der Waals surface area (Å²) in [4.78, 5) is 10.6. The van der Waals surface area contributed by atoms with Crippen molar-refractivity contribution in [1.82, 2.24) is 9.78 Å². The van der Waals surface area contributed by atoms with E-state index in [1.165, 1.54) is 0 Å². The summed E-state index contributed by atoms with van der Waals surface area (Å²) >= 11 is 3.38. The summed E-state index contributed by atoms with van der Waals surface area (Å²) in [5, 5.41) is 12.8. The van der Waals surface area contributed by atoms with Gasteiger partial charge in [0.15, 0.2) is 0 Å². The number of rotatable bonds is 4. The van der Waals surface area contributed by atoms with Crippen LogP contribution in [0.25, 0.3) is 0 Å². The van der Waals surface area contributed by atoms with Gasteiger partial charge in [-0.25, -0.2) is 0 Å². The molecule has 0 aliphatic rings. The number of carboxylic acid groups (broad SMARTS) is 1. The highest BCUT2D eigenvalue weighted by Gasteiger charge is 2.17. The van der Waals surface area contributed by atoms with E-state index >= 15 is 0 Å². The smallest absolute Gasteiger partial charge is 0.320 e. The van der Waals surface area contributed by atoms with Crippen LogP contribution in [0.5, 0.6) is 0 Å². The molecule has 5 nitrogen and oxygen atoms in total. The quantitative estimate of drug-likeness (QED) is 0.865. The van der Waals surface area contributed by atoms with Crippen LogP contribution in [0.4, 0.5) is 0 Å². The van der Waals surface area contributed by atoms with Crippen molar-refractivity contribution in [3.63, 3.8) is 0 Å². The average molecular weight is 276 g/mol. The fourth-order valence-corrected chi connectivity index (χ4v) is 1.97. The third-order valence-corrected chi connectivity index (χ3v) is 2.92. The van der Waals surface area contributed by atoms with Crippen molar-refractivity contribution >= 4 is 21.9 Å². The summed E-state index contributed by atoms with van der Waals surface area (Å²) in [7, 11) is 0. The second kappa shape index (κ2) is 4.76. The first-order valence-corrected chi connectivity index (χ1v) is 5.43. The highest BCUT2D eigenvalue weighted by molar-refractivity contribution is 9.10. The Morgan fingerprint density at radius 2 is 2.33 bits per heavy atom. The van der Waals surface area contributed by atoms with E-state index in [2.05, 4.69) is 21.0 Å². The summed E-state index contributed by atoms with van der Waals surface area (Å²) in [5.41, 5.74) is 6.26. The molecular weight excluding hydrogens is 262 g/mol. The van der Waals surface area contributed by atoms with Crippen LogP contribution >= 0.6 is 15.9 Å². The maximum Gasteiger partial charge on any atom is 0.320 e. The Morgan fingerprint density at radius 3 is 2.73 bits per heavy atom. The van der Waals surface area contributed by atoms with E-state index in [1.807, 2.05) is 13.8 Å². The van der Waals surface area contributed by atoms with Crippen molar-refractivity contribution in [2.75, 3.05) is 0 Å². The number of nitrogens with two attached hydrogens (primary N) is 1. The molecule has 1 unspecified atom stereocenters. The van der Waals surface area contributed by atoms with Crippen LogP contribution < -0.4 is 5.73 Å². The number of hydrogen-bond donors (Lipinski definition) is 2. The maximum absolute atomic E-state index is 10.6. The van der Waals surface area contributed by atoms with E-state index in [4.69, 9.17) is 10.8 Å². The van der Waals surface area contributed by atoms with E-state index in [0.29, 0.717) is 0 Å². The Morgan fingerprint density at radius 1 is 1.73 bits per heavy atom. The second-order valence-corrected chi connectivity index (χ2v) is 4.40. The molecule has 0 amide bonds. The minimum absolute atomic E-state index is 0.231. The number of aliphatic carboxylic acids is 1. The molecule has 0 aromatic carbocycles. The average Bonchev–Trinajstić information content (AvgIpc) is 2.48. The predicted molar refractivity (Wildman–Crippen MR) is 59.6 cm³/mol. The van der Waals surface area contributed by atoms with Crippen molar-refractivity contribution < 1.29 is 9.90 Å². The lowest BCUT2D eigenvalue weighted by Gasteiger charge is -2.08. The lowest BCUT2D eigenvalue weighted by Crippen LogP contribution is -2.32. The lowest BCUT2D eigenvalue weighted by molar-refractivity contribution is -0.138. The number of aromatic nitrogens is 2. The van der Waals surface area contributed by atoms with Crippen LogP contribution in [0.15, 0.2) is 10.8 Å². The van der Waals surface area contributed by atoms with Gasteiger partial charge in [-0.3, -0.25) is 9.48 Å². The molecule has 0 fully saturated rings. The van der Waals surface area contributed by atoms with Gasteiger partial charge in [0, 0.05) is 18.0 Å². The Hall–Kier alpha value is -0.880. The molecule has 1 rings (SSSR count). The molecule has 6 heteroatoms. The van der Waals surface area contributed by atoms with Crippen molar-refractivity contribution in [2.24, 2.45) is 5.73 Å². The summed E-state index contributed by atoms with van der Waals surface area (Å²) in [5.74, 6) is -1.00. The van der Waals surface area contributed by atoms with Gasteiger partial charge >= 0.3 is 5.97 Å². The van der Waals surface area contributed by atoms with E-state index in [-0.39, 0.29) is 12.5 Å². The molecule has 1 heterocycles. The number of carbonyl (C=O) groups is 1. The Balaban J connectivity index is 2.83. The maximum atomic E-state index is 10.6. The zero-order chi connectivity index (χ0) is 11.6. The van der Waals surface area contributed by atoms with E-state index in [0.717, 1.165) is 10.2 Å². The van der Waals surface area contributed by atoms with Gasteiger partial charge < -0.3 is 10.8 Å². The Bertz CT molecular complexity index is 362. The molecule has 84 valence electrons. The second-order valence-electron chi connectivity index (χ2n) is 3.65. The molecule has 1 atom stereocenters. The van der Waals surface area contributed by atoms with Gasteiger partial charge in [-0.05, 0) is 29.8 Å². The van der Waals surface area contributed by atoms with Crippen LogP contribution in [0.3, 0.4) is 0 Å². The molecule has 0 saturated heterocycles. The van der Waals surface area contributed by atoms with E-state index in [9.17, 15) is 4.79 Å². The number of nitrogens with zero attached hydrogens (tertiary/aromatic N) is 2. The molecule has 15 heavy (non-hydrogen) atoms. The summed E-state index contributed by atoms with van der Waals surface area (Å²) in [6, 6.07) is -0.653. The first kappa shape index (κ1) is 12.2. The van der Waals surface area contributed by atoms with Gasteiger partial charge in [-0.15, -0.1) is 0 Å². The van der Waals surface area contributed by atoms with Crippen molar-refractivity contribution in [1.29, 1.82) is 0 Å². The standard InChI is InChI=1S/C9H14BrN3O2/c1-5(2)13-8(10)6(4-12-13)3-7(11)9(14)15/h4-5,7H,3,11H2,1-2H3,(H,14,15). The molecule has 0 spiro atoms. The number of carboxylic acids is 1. The Labute approximate surface area is 96.4 Å². The number of halogens is 1. The van der Waals surface area contributed by atoms with Gasteiger partial charge in [-0.1, -0.05) is 0 Å². The van der Waals surface area contributed by atoms with Crippen molar-refractivity contribution in [2.45, 2.75) is 32.4 Å². The third kappa shape index (κ3) is 2.79. The molecule has 0 saturated carbocycles. The van der Waals surface area contributed by atoms with Crippen LogP contribution in [-0.2, 0) is 11.2 Å². The van der Waals surface area contributed by atoms with Crippen molar-refractivity contribution in [3.8, 4) is 0 Å². The molecular formula is C9H14BrN3O2. The fourth-order valence-electron chi connectivity index (χ4n) is 1.20. The monoisotopic (exact) mass is 275 g/mol. The van der Waals surface area contributed by atoms with Gasteiger partial charge in [0.1, 0.15) is 10.6 Å². The molecule has 0 aliphatic carbocycles.